The van der Waals surface area contributed by atoms with E-state index in [1.54, 1.807) is 6.07 Å². The highest BCUT2D eigenvalue weighted by molar-refractivity contribution is 6.43. The average Bonchev–Trinajstić information content (AvgIpc) is 3.19. The summed E-state index contributed by atoms with van der Waals surface area (Å²) in [6, 6.07) is 9.52. The molecule has 2 amide bonds. The van der Waals surface area contributed by atoms with Crippen LogP contribution < -0.4 is 4.90 Å². The lowest BCUT2D eigenvalue weighted by Crippen LogP contribution is -2.46. The number of benzene rings is 2. The number of carbonyl (C=O) groups excluding carboxylic acids is 2. The largest absolute Gasteiger partial charge is 0.507 e. The SMILES string of the molecule is CCCC1=C2[C@@H](CC/C(C)=C/c3cc(C)c(O)c(C)c3)OB(O)C[C@@H]2[C@@H]2C(=O)N(c3cccc([N+](=O)[O-])c3)C(=O)[C@@H]2C1. The molecular formula is C32H37BN2O7. The summed E-state index contributed by atoms with van der Waals surface area (Å²) >= 11 is 0. The van der Waals surface area contributed by atoms with Crippen LogP contribution in [0.2, 0.25) is 6.32 Å². The summed E-state index contributed by atoms with van der Waals surface area (Å²) < 4.78 is 6.10. The number of hydrogen-bond donors (Lipinski definition) is 2. The molecule has 2 aromatic rings. The zero-order valence-corrected chi connectivity index (χ0v) is 24.5. The van der Waals surface area contributed by atoms with E-state index in [1.807, 2.05) is 32.9 Å². The van der Waals surface area contributed by atoms with Crippen LogP contribution in [0.4, 0.5) is 11.4 Å². The molecule has 0 radical (unpaired) electrons. The van der Waals surface area contributed by atoms with E-state index in [1.165, 1.54) is 18.2 Å². The maximum atomic E-state index is 13.9. The van der Waals surface area contributed by atoms with Crippen LogP contribution in [0.3, 0.4) is 0 Å². The minimum Gasteiger partial charge on any atom is -0.507 e. The summed E-state index contributed by atoms with van der Waals surface area (Å²) in [5.74, 6) is -1.96. The van der Waals surface area contributed by atoms with Gasteiger partial charge in [-0.1, -0.05) is 36.6 Å². The highest BCUT2D eigenvalue weighted by Crippen LogP contribution is 2.52. The number of phenols is 1. The minimum atomic E-state index is -1.06. The molecule has 0 unspecified atom stereocenters. The molecule has 42 heavy (non-hydrogen) atoms. The Labute approximate surface area is 246 Å². The molecule has 2 saturated heterocycles. The number of aryl methyl sites for hydroxylation is 2. The Bertz CT molecular complexity index is 1480. The molecule has 2 heterocycles. The molecular weight excluding hydrogens is 535 g/mol. The number of imide groups is 1. The van der Waals surface area contributed by atoms with Crippen molar-refractivity contribution in [1.29, 1.82) is 0 Å². The van der Waals surface area contributed by atoms with Crippen molar-refractivity contribution >= 4 is 36.4 Å². The maximum Gasteiger partial charge on any atom is 0.455 e. The van der Waals surface area contributed by atoms with Gasteiger partial charge in [0, 0.05) is 12.1 Å². The lowest BCUT2D eigenvalue weighted by molar-refractivity contribution is -0.384. The van der Waals surface area contributed by atoms with Crippen molar-refractivity contribution in [3.63, 3.8) is 0 Å². The van der Waals surface area contributed by atoms with Gasteiger partial charge in [0.15, 0.2) is 0 Å². The zero-order chi connectivity index (χ0) is 30.3. The normalized spacial score (nSPS) is 24.3. The molecule has 0 bridgehead atoms. The quantitative estimate of drug-likeness (QED) is 0.132. The van der Waals surface area contributed by atoms with Crippen LogP contribution >= 0.6 is 0 Å². The molecule has 2 aromatic carbocycles. The van der Waals surface area contributed by atoms with Gasteiger partial charge in [-0.25, -0.2) is 4.90 Å². The molecule has 0 aromatic heterocycles. The summed E-state index contributed by atoms with van der Waals surface area (Å²) in [4.78, 5) is 39.5. The minimum absolute atomic E-state index is 0.184. The van der Waals surface area contributed by atoms with Gasteiger partial charge in [-0.05, 0) is 99.2 Å². The van der Waals surface area contributed by atoms with Crippen molar-refractivity contribution in [1.82, 2.24) is 0 Å². The lowest BCUT2D eigenvalue weighted by Gasteiger charge is -2.43. The molecule has 1 aliphatic carbocycles. The number of allylic oxidation sites excluding steroid dienone is 2. The maximum absolute atomic E-state index is 13.9. The molecule has 4 atom stereocenters. The number of rotatable bonds is 8. The van der Waals surface area contributed by atoms with Crippen LogP contribution in [0.25, 0.3) is 6.08 Å². The monoisotopic (exact) mass is 572 g/mol. The summed E-state index contributed by atoms with van der Waals surface area (Å²) in [5.41, 5.74) is 5.94. The molecule has 2 aliphatic heterocycles. The predicted octanol–water partition coefficient (Wildman–Crippen LogP) is 5.90. The molecule has 220 valence electrons. The van der Waals surface area contributed by atoms with Gasteiger partial charge in [0.2, 0.25) is 11.8 Å². The van der Waals surface area contributed by atoms with Crippen molar-refractivity contribution in [3.05, 3.63) is 79.9 Å². The Morgan fingerprint density at radius 2 is 1.88 bits per heavy atom. The summed E-state index contributed by atoms with van der Waals surface area (Å²) in [6.07, 6.45) is 5.32. The second kappa shape index (κ2) is 11.9. The summed E-state index contributed by atoms with van der Waals surface area (Å²) in [6.45, 7) is 7.87. The van der Waals surface area contributed by atoms with Gasteiger partial charge in [0.1, 0.15) is 5.75 Å². The van der Waals surface area contributed by atoms with Gasteiger partial charge in [0.25, 0.3) is 5.69 Å². The Hall–Kier alpha value is -3.76. The van der Waals surface area contributed by atoms with Crippen LogP contribution in [0.1, 0.15) is 62.6 Å². The summed E-state index contributed by atoms with van der Waals surface area (Å²) in [7, 11) is -1.06. The smallest absolute Gasteiger partial charge is 0.455 e. The molecule has 0 saturated carbocycles. The number of carbonyl (C=O) groups is 2. The highest BCUT2D eigenvalue weighted by Gasteiger charge is 2.57. The number of hydrogen-bond acceptors (Lipinski definition) is 7. The second-order valence-corrected chi connectivity index (χ2v) is 11.9. The van der Waals surface area contributed by atoms with E-state index < -0.39 is 23.9 Å². The standard InChI is InChI=1S/C32H37BN2O7/c1-5-7-22-15-25-29(32(38)34(31(25)37)23-8-6-9-24(16-23)35(40)41)26-17-33(39)42-27(28(22)26)11-10-18(2)12-21-13-19(3)30(36)20(4)14-21/h6,8-9,12-14,16,25-27,29,36,39H,5,7,10-11,15,17H2,1-4H3/b18-12+/t25-,26+,27-,29-/m1/s1. The Morgan fingerprint density at radius 3 is 2.55 bits per heavy atom. The van der Waals surface area contributed by atoms with Crippen molar-refractivity contribution in [3.8, 4) is 5.75 Å². The fourth-order valence-corrected chi connectivity index (χ4v) is 7.09. The third-order valence-corrected chi connectivity index (χ3v) is 8.89. The second-order valence-electron chi connectivity index (χ2n) is 11.9. The van der Waals surface area contributed by atoms with Gasteiger partial charge >= 0.3 is 7.12 Å². The fourth-order valence-electron chi connectivity index (χ4n) is 7.09. The molecule has 2 N–H and O–H groups in total. The molecule has 0 spiro atoms. The number of anilines is 1. The van der Waals surface area contributed by atoms with Crippen molar-refractivity contribution < 1.29 is 29.3 Å². The number of nitro benzene ring substituents is 1. The number of amides is 2. The van der Waals surface area contributed by atoms with Gasteiger partial charge in [-0.3, -0.25) is 19.7 Å². The first-order valence-corrected chi connectivity index (χ1v) is 14.6. The molecule has 2 fully saturated rings. The Balaban J connectivity index is 1.43. The van der Waals surface area contributed by atoms with Crippen LogP contribution in [0.5, 0.6) is 5.75 Å². The van der Waals surface area contributed by atoms with Gasteiger partial charge < -0.3 is 14.8 Å². The van der Waals surface area contributed by atoms with Crippen LogP contribution in [-0.4, -0.2) is 40.1 Å². The van der Waals surface area contributed by atoms with Crippen molar-refractivity contribution in [2.45, 2.75) is 72.2 Å². The van der Waals surface area contributed by atoms with Crippen LogP contribution in [-0.2, 0) is 14.2 Å². The number of nitrogens with zero attached hydrogens (tertiary/aromatic N) is 2. The zero-order valence-electron chi connectivity index (χ0n) is 24.5. The van der Waals surface area contributed by atoms with E-state index in [4.69, 9.17) is 4.65 Å². The predicted molar refractivity (Wildman–Crippen MR) is 161 cm³/mol. The number of fused-ring (bicyclic) bond motifs is 3. The molecule has 5 rings (SSSR count). The van der Waals surface area contributed by atoms with Crippen molar-refractivity contribution in [2.75, 3.05) is 4.90 Å². The van der Waals surface area contributed by atoms with E-state index in [0.29, 0.717) is 25.0 Å². The van der Waals surface area contributed by atoms with E-state index in [0.717, 1.165) is 51.2 Å². The van der Waals surface area contributed by atoms with Crippen LogP contribution in [0.15, 0.2) is 53.1 Å². The topological polar surface area (TPSA) is 130 Å². The van der Waals surface area contributed by atoms with E-state index in [-0.39, 0.29) is 41.5 Å². The van der Waals surface area contributed by atoms with Gasteiger partial charge in [-0.15, -0.1) is 0 Å². The third-order valence-electron chi connectivity index (χ3n) is 8.89. The number of nitro groups is 1. The van der Waals surface area contributed by atoms with Crippen molar-refractivity contribution in [2.24, 2.45) is 17.8 Å². The highest BCUT2D eigenvalue weighted by atomic mass is 16.6. The average molecular weight is 572 g/mol. The first-order chi connectivity index (χ1) is 20.0. The first kappa shape index (κ1) is 29.7. The lowest BCUT2D eigenvalue weighted by atomic mass is 9.58. The van der Waals surface area contributed by atoms with E-state index in [2.05, 4.69) is 13.0 Å². The van der Waals surface area contributed by atoms with Gasteiger partial charge in [-0.2, -0.15) is 0 Å². The number of aromatic hydroxyl groups is 1. The first-order valence-electron chi connectivity index (χ1n) is 14.6. The molecule has 3 aliphatic rings. The fraction of sp³-hybridized carbons (Fsp3) is 0.438. The third kappa shape index (κ3) is 5.53. The summed E-state index contributed by atoms with van der Waals surface area (Å²) in [5, 5.41) is 32.3. The van der Waals surface area contributed by atoms with Crippen LogP contribution in [0, 0.1) is 41.7 Å². The molecule has 10 heteroatoms. The Kier molecular flexibility index (Phi) is 8.39. The van der Waals surface area contributed by atoms with Gasteiger partial charge in [0.05, 0.1) is 28.6 Å². The number of phenolic OH excluding ortho intramolecular Hbond substituents is 1. The van der Waals surface area contributed by atoms with E-state index in [9.17, 15) is 29.8 Å². The van der Waals surface area contributed by atoms with E-state index >= 15 is 0 Å². The molecule has 9 nitrogen and oxygen atoms in total. The Morgan fingerprint density at radius 1 is 1.17 bits per heavy atom. The number of non-ortho nitro benzene ring substituents is 1.